The van der Waals surface area contributed by atoms with Crippen LogP contribution in [0.1, 0.15) is 57.8 Å². The molecule has 0 radical (unpaired) electrons. The van der Waals surface area contributed by atoms with Gasteiger partial charge in [0.15, 0.2) is 24.1 Å². The number of hydrogen-bond acceptors (Lipinski definition) is 5. The molecule has 2 aliphatic heterocycles. The van der Waals surface area contributed by atoms with Crippen LogP contribution in [0.5, 0.6) is 5.75 Å². The van der Waals surface area contributed by atoms with E-state index >= 15 is 0 Å². The maximum atomic E-state index is 14.3. The van der Waals surface area contributed by atoms with Gasteiger partial charge in [0, 0.05) is 17.4 Å². The predicted molar refractivity (Wildman–Crippen MR) is 104 cm³/mol. The second-order valence-corrected chi connectivity index (χ2v) is 7.76. The number of ether oxygens (including phenoxy) is 5. The first-order valence-corrected chi connectivity index (χ1v) is 10.7. The molecule has 0 unspecified atom stereocenters. The number of hydrogen-bond donors (Lipinski definition) is 0. The van der Waals surface area contributed by atoms with Crippen LogP contribution in [0, 0.1) is 23.5 Å². The SMILES string of the molecule is CCCCC1COC(CCC2COC(c3ccc(OCC)c(F)c3F)OC2)OC1. The van der Waals surface area contributed by atoms with Crippen molar-refractivity contribution < 1.29 is 32.5 Å². The quantitative estimate of drug-likeness (QED) is 0.570. The average molecular weight is 414 g/mol. The largest absolute Gasteiger partial charge is 0.491 e. The summed E-state index contributed by atoms with van der Waals surface area (Å²) in [5, 5.41) is 0. The van der Waals surface area contributed by atoms with Gasteiger partial charge in [0.25, 0.3) is 0 Å². The van der Waals surface area contributed by atoms with Crippen LogP contribution >= 0.6 is 0 Å². The van der Waals surface area contributed by atoms with E-state index in [9.17, 15) is 8.78 Å². The van der Waals surface area contributed by atoms with E-state index in [4.69, 9.17) is 23.7 Å². The van der Waals surface area contributed by atoms with Gasteiger partial charge in [-0.3, -0.25) is 0 Å². The molecule has 0 atom stereocenters. The number of benzene rings is 1. The highest BCUT2D eigenvalue weighted by Gasteiger charge is 2.29. The van der Waals surface area contributed by atoms with E-state index in [1.54, 1.807) is 6.92 Å². The fourth-order valence-electron chi connectivity index (χ4n) is 3.67. The molecular formula is C22H32F2O5. The van der Waals surface area contributed by atoms with Gasteiger partial charge in [-0.15, -0.1) is 0 Å². The third kappa shape index (κ3) is 6.10. The average Bonchev–Trinajstić information content (AvgIpc) is 2.75. The van der Waals surface area contributed by atoms with Gasteiger partial charge in [0.2, 0.25) is 5.82 Å². The molecule has 0 spiro atoms. The Morgan fingerprint density at radius 3 is 2.17 bits per heavy atom. The van der Waals surface area contributed by atoms with Gasteiger partial charge in [0.1, 0.15) is 0 Å². The molecule has 2 heterocycles. The minimum Gasteiger partial charge on any atom is -0.491 e. The first kappa shape index (κ1) is 22.4. The van der Waals surface area contributed by atoms with Crippen molar-refractivity contribution in [1.82, 2.24) is 0 Å². The molecule has 2 aliphatic rings. The first-order valence-electron chi connectivity index (χ1n) is 10.7. The van der Waals surface area contributed by atoms with Crippen molar-refractivity contribution in [1.29, 1.82) is 0 Å². The van der Waals surface area contributed by atoms with Crippen LogP contribution < -0.4 is 4.74 Å². The van der Waals surface area contributed by atoms with E-state index in [1.165, 1.54) is 25.0 Å². The van der Waals surface area contributed by atoms with E-state index in [2.05, 4.69) is 6.92 Å². The molecule has 29 heavy (non-hydrogen) atoms. The van der Waals surface area contributed by atoms with Gasteiger partial charge in [0.05, 0.1) is 33.0 Å². The molecule has 7 heteroatoms. The molecule has 1 aromatic carbocycles. The van der Waals surface area contributed by atoms with Crippen molar-refractivity contribution >= 4 is 0 Å². The molecular weight excluding hydrogens is 382 g/mol. The normalized spacial score (nSPS) is 27.7. The number of halogens is 2. The Morgan fingerprint density at radius 1 is 0.862 bits per heavy atom. The van der Waals surface area contributed by atoms with E-state index < -0.39 is 17.9 Å². The first-order chi connectivity index (χ1) is 14.1. The van der Waals surface area contributed by atoms with Crippen molar-refractivity contribution in [2.45, 2.75) is 58.5 Å². The lowest BCUT2D eigenvalue weighted by atomic mass is 10.0. The summed E-state index contributed by atoms with van der Waals surface area (Å²) in [6.07, 6.45) is 4.07. The third-order valence-electron chi connectivity index (χ3n) is 5.41. The molecule has 0 amide bonds. The Labute approximate surface area is 171 Å². The summed E-state index contributed by atoms with van der Waals surface area (Å²) in [4.78, 5) is 0. The Kier molecular flexibility index (Phi) is 8.66. The highest BCUT2D eigenvalue weighted by atomic mass is 19.2. The molecule has 3 rings (SSSR count). The van der Waals surface area contributed by atoms with Gasteiger partial charge in [-0.25, -0.2) is 4.39 Å². The standard InChI is InChI=1S/C22H32F2O5/c1-3-5-6-15-11-26-19(27-12-15)10-7-16-13-28-22(29-14-16)17-8-9-18(25-4-2)21(24)20(17)23/h8-9,15-16,19,22H,3-7,10-14H2,1-2H3. The summed E-state index contributed by atoms with van der Waals surface area (Å²) in [5.74, 6) is -1.43. The van der Waals surface area contributed by atoms with Crippen molar-refractivity contribution in [3.63, 3.8) is 0 Å². The third-order valence-corrected chi connectivity index (χ3v) is 5.41. The van der Waals surface area contributed by atoms with Crippen LogP contribution in [0.2, 0.25) is 0 Å². The Hall–Kier alpha value is -1.28. The molecule has 1 aromatic rings. The van der Waals surface area contributed by atoms with Crippen molar-refractivity contribution in [3.05, 3.63) is 29.3 Å². The molecule has 2 fully saturated rings. The predicted octanol–water partition coefficient (Wildman–Crippen LogP) is 4.98. The monoisotopic (exact) mass is 414 g/mol. The zero-order chi connectivity index (χ0) is 20.6. The van der Waals surface area contributed by atoms with Crippen LogP contribution in [-0.4, -0.2) is 39.3 Å². The van der Waals surface area contributed by atoms with E-state index in [0.29, 0.717) is 19.1 Å². The van der Waals surface area contributed by atoms with Crippen molar-refractivity contribution in [2.75, 3.05) is 33.0 Å². The topological polar surface area (TPSA) is 46.2 Å². The zero-order valence-corrected chi connectivity index (χ0v) is 17.3. The van der Waals surface area contributed by atoms with E-state index in [0.717, 1.165) is 32.5 Å². The molecule has 2 saturated heterocycles. The Balaban J connectivity index is 1.40. The maximum absolute atomic E-state index is 14.3. The smallest absolute Gasteiger partial charge is 0.201 e. The highest BCUT2D eigenvalue weighted by Crippen LogP contribution is 2.33. The Morgan fingerprint density at radius 2 is 1.52 bits per heavy atom. The lowest BCUT2D eigenvalue weighted by Crippen LogP contribution is -2.33. The highest BCUT2D eigenvalue weighted by molar-refractivity contribution is 5.31. The van der Waals surface area contributed by atoms with Gasteiger partial charge in [-0.2, -0.15) is 4.39 Å². The van der Waals surface area contributed by atoms with Crippen LogP contribution in [0.4, 0.5) is 8.78 Å². The fraction of sp³-hybridized carbons (Fsp3) is 0.727. The summed E-state index contributed by atoms with van der Waals surface area (Å²) in [5.41, 5.74) is 0.0569. The fourth-order valence-corrected chi connectivity index (χ4v) is 3.67. The van der Waals surface area contributed by atoms with Gasteiger partial charge in [-0.1, -0.05) is 19.8 Å². The molecule has 5 nitrogen and oxygen atoms in total. The minimum atomic E-state index is -1.01. The number of unbranched alkanes of at least 4 members (excludes halogenated alkanes) is 1. The van der Waals surface area contributed by atoms with Crippen molar-refractivity contribution in [2.24, 2.45) is 11.8 Å². The summed E-state index contributed by atoms with van der Waals surface area (Å²) in [6.45, 7) is 6.52. The lowest BCUT2D eigenvalue weighted by Gasteiger charge is -2.32. The summed E-state index contributed by atoms with van der Waals surface area (Å²) >= 11 is 0. The summed E-state index contributed by atoms with van der Waals surface area (Å²) < 4.78 is 56.4. The zero-order valence-electron chi connectivity index (χ0n) is 17.3. The molecule has 164 valence electrons. The molecule has 0 saturated carbocycles. The Bertz CT molecular complexity index is 626. The second kappa shape index (κ2) is 11.2. The van der Waals surface area contributed by atoms with Crippen LogP contribution in [0.15, 0.2) is 12.1 Å². The second-order valence-electron chi connectivity index (χ2n) is 7.76. The number of rotatable bonds is 9. The van der Waals surface area contributed by atoms with Crippen LogP contribution in [0.3, 0.4) is 0 Å². The molecule has 0 aromatic heterocycles. The van der Waals surface area contributed by atoms with Crippen LogP contribution in [0.25, 0.3) is 0 Å². The minimum absolute atomic E-state index is 0.0569. The maximum Gasteiger partial charge on any atom is 0.201 e. The van der Waals surface area contributed by atoms with E-state index in [-0.39, 0.29) is 30.1 Å². The molecule has 0 aliphatic carbocycles. The van der Waals surface area contributed by atoms with Gasteiger partial charge >= 0.3 is 0 Å². The van der Waals surface area contributed by atoms with Crippen LogP contribution in [-0.2, 0) is 18.9 Å². The molecule has 0 bridgehead atoms. The van der Waals surface area contributed by atoms with Gasteiger partial charge < -0.3 is 23.7 Å². The van der Waals surface area contributed by atoms with Gasteiger partial charge in [-0.05, 0) is 38.3 Å². The lowest BCUT2D eigenvalue weighted by molar-refractivity contribution is -0.221. The summed E-state index contributed by atoms with van der Waals surface area (Å²) in [6, 6.07) is 2.86. The molecule has 0 N–H and O–H groups in total. The summed E-state index contributed by atoms with van der Waals surface area (Å²) in [7, 11) is 0. The van der Waals surface area contributed by atoms with Crippen molar-refractivity contribution in [3.8, 4) is 5.75 Å². The van der Waals surface area contributed by atoms with E-state index in [1.807, 2.05) is 0 Å².